The maximum atomic E-state index is 5.99. The van der Waals surface area contributed by atoms with E-state index < -0.39 is 0 Å². The Morgan fingerprint density at radius 1 is 1.21 bits per heavy atom. The molecule has 0 saturated heterocycles. The Morgan fingerprint density at radius 2 is 1.95 bits per heavy atom. The van der Waals surface area contributed by atoms with Crippen LogP contribution in [0, 0.1) is 6.92 Å². The highest BCUT2D eigenvalue weighted by Gasteiger charge is 2.07. The van der Waals surface area contributed by atoms with Crippen LogP contribution in [0.5, 0.6) is 0 Å². The molecule has 0 saturated carbocycles. The number of benzene rings is 2. The first-order valence-corrected chi connectivity index (χ1v) is 7.48. The Labute approximate surface area is 128 Å². The summed E-state index contributed by atoms with van der Waals surface area (Å²) in [4.78, 5) is 0. The summed E-state index contributed by atoms with van der Waals surface area (Å²) in [6.07, 6.45) is 0. The molecule has 1 atom stereocenters. The predicted molar refractivity (Wildman–Crippen MR) is 85.6 cm³/mol. The molecule has 1 N–H and O–H groups in total. The first kappa shape index (κ1) is 14.6. The van der Waals surface area contributed by atoms with Gasteiger partial charge in [-0.2, -0.15) is 0 Å². The fourth-order valence-electron chi connectivity index (χ4n) is 2.10. The Balaban J connectivity index is 2.02. The molecule has 2 aromatic rings. The van der Waals surface area contributed by atoms with E-state index in [-0.39, 0.29) is 0 Å². The molecule has 0 bridgehead atoms. The summed E-state index contributed by atoms with van der Waals surface area (Å²) < 4.78 is 0.942. The van der Waals surface area contributed by atoms with Crippen molar-refractivity contribution in [3.8, 4) is 0 Å². The van der Waals surface area contributed by atoms with Gasteiger partial charge in [0.15, 0.2) is 0 Å². The monoisotopic (exact) mass is 337 g/mol. The third-order valence-corrected chi connectivity index (χ3v) is 4.47. The van der Waals surface area contributed by atoms with E-state index in [1.165, 1.54) is 16.7 Å². The Kier molecular flexibility index (Phi) is 5.03. The van der Waals surface area contributed by atoms with Gasteiger partial charge in [-0.1, -0.05) is 41.9 Å². The lowest BCUT2D eigenvalue weighted by Gasteiger charge is -2.16. The fraction of sp³-hybridized carbons (Fsp3) is 0.250. The van der Waals surface area contributed by atoms with Gasteiger partial charge in [-0.3, -0.25) is 0 Å². The predicted octanol–water partition coefficient (Wildman–Crippen LogP) is 5.26. The average Bonchev–Trinajstić information content (AvgIpc) is 2.40. The third kappa shape index (κ3) is 3.82. The van der Waals surface area contributed by atoms with Crippen LogP contribution in [-0.4, -0.2) is 0 Å². The first-order chi connectivity index (χ1) is 9.08. The van der Waals surface area contributed by atoms with Gasteiger partial charge < -0.3 is 5.32 Å². The van der Waals surface area contributed by atoms with E-state index in [2.05, 4.69) is 65.4 Å². The van der Waals surface area contributed by atoms with Crippen molar-refractivity contribution in [2.75, 3.05) is 0 Å². The van der Waals surface area contributed by atoms with Crippen LogP contribution < -0.4 is 5.32 Å². The lowest BCUT2D eigenvalue weighted by molar-refractivity contribution is 0.572. The van der Waals surface area contributed by atoms with E-state index in [9.17, 15) is 0 Å². The molecule has 100 valence electrons. The molecule has 0 amide bonds. The largest absolute Gasteiger partial charge is 0.306 e. The second-order valence-electron chi connectivity index (χ2n) is 4.71. The Bertz CT molecular complexity index is 568. The molecule has 0 heterocycles. The van der Waals surface area contributed by atoms with E-state index >= 15 is 0 Å². The van der Waals surface area contributed by atoms with Crippen LogP contribution in [0.15, 0.2) is 46.9 Å². The zero-order chi connectivity index (χ0) is 13.8. The molecular formula is C16H17BrClN. The lowest BCUT2D eigenvalue weighted by Crippen LogP contribution is -2.18. The SMILES string of the molecule is Cc1ccccc1[C@@H](C)NCc1ccc(Cl)c(Br)c1. The summed E-state index contributed by atoms with van der Waals surface area (Å²) in [6, 6.07) is 14.8. The molecule has 19 heavy (non-hydrogen) atoms. The van der Waals surface area contributed by atoms with Crippen molar-refractivity contribution in [2.24, 2.45) is 0 Å². The van der Waals surface area contributed by atoms with Crippen molar-refractivity contribution in [1.29, 1.82) is 0 Å². The molecule has 1 nitrogen and oxygen atoms in total. The maximum absolute atomic E-state index is 5.99. The zero-order valence-electron chi connectivity index (χ0n) is 11.1. The minimum Gasteiger partial charge on any atom is -0.306 e. The van der Waals surface area contributed by atoms with Crippen LogP contribution >= 0.6 is 27.5 Å². The third-order valence-electron chi connectivity index (χ3n) is 3.25. The summed E-state index contributed by atoms with van der Waals surface area (Å²) in [5, 5.41) is 4.28. The van der Waals surface area contributed by atoms with Gasteiger partial charge in [-0.05, 0) is 58.6 Å². The van der Waals surface area contributed by atoms with Gasteiger partial charge in [-0.25, -0.2) is 0 Å². The van der Waals surface area contributed by atoms with Crippen LogP contribution in [-0.2, 0) is 6.54 Å². The number of hydrogen-bond acceptors (Lipinski definition) is 1. The van der Waals surface area contributed by atoms with Crippen molar-refractivity contribution in [1.82, 2.24) is 5.32 Å². The van der Waals surface area contributed by atoms with Crippen LogP contribution in [0.4, 0.5) is 0 Å². The van der Waals surface area contributed by atoms with E-state index in [0.717, 1.165) is 16.0 Å². The van der Waals surface area contributed by atoms with Gasteiger partial charge >= 0.3 is 0 Å². The maximum Gasteiger partial charge on any atom is 0.0548 e. The van der Waals surface area contributed by atoms with E-state index in [0.29, 0.717) is 6.04 Å². The van der Waals surface area contributed by atoms with Crippen molar-refractivity contribution < 1.29 is 0 Å². The molecule has 3 heteroatoms. The molecule has 0 radical (unpaired) electrons. The van der Waals surface area contributed by atoms with Crippen molar-refractivity contribution in [2.45, 2.75) is 26.4 Å². The number of nitrogens with one attached hydrogen (secondary N) is 1. The fourth-order valence-corrected chi connectivity index (χ4v) is 2.65. The van der Waals surface area contributed by atoms with Crippen molar-refractivity contribution >= 4 is 27.5 Å². The second-order valence-corrected chi connectivity index (χ2v) is 5.97. The van der Waals surface area contributed by atoms with Crippen LogP contribution in [0.3, 0.4) is 0 Å². The normalized spacial score (nSPS) is 12.4. The molecule has 0 fully saturated rings. The standard InChI is InChI=1S/C16H17BrClN/c1-11-5-3-4-6-14(11)12(2)19-10-13-7-8-16(18)15(17)9-13/h3-9,12,19H,10H2,1-2H3/t12-/m1/s1. The van der Waals surface area contributed by atoms with E-state index in [1.807, 2.05) is 12.1 Å². The number of hydrogen-bond donors (Lipinski definition) is 1. The Morgan fingerprint density at radius 3 is 2.63 bits per heavy atom. The molecule has 2 aromatic carbocycles. The second kappa shape index (κ2) is 6.56. The molecule has 0 aliphatic rings. The lowest BCUT2D eigenvalue weighted by atomic mass is 10.0. The minimum atomic E-state index is 0.329. The van der Waals surface area contributed by atoms with E-state index in [4.69, 9.17) is 11.6 Å². The zero-order valence-corrected chi connectivity index (χ0v) is 13.4. The van der Waals surface area contributed by atoms with Gasteiger partial charge in [0.1, 0.15) is 0 Å². The smallest absolute Gasteiger partial charge is 0.0548 e. The van der Waals surface area contributed by atoms with Gasteiger partial charge in [0.2, 0.25) is 0 Å². The van der Waals surface area contributed by atoms with Gasteiger partial charge in [0.25, 0.3) is 0 Å². The number of rotatable bonds is 4. The summed E-state index contributed by atoms with van der Waals surface area (Å²) in [5.41, 5.74) is 3.88. The molecule has 0 aliphatic carbocycles. The summed E-state index contributed by atoms with van der Waals surface area (Å²) in [7, 11) is 0. The molecule has 2 rings (SSSR count). The molecule has 0 spiro atoms. The van der Waals surface area contributed by atoms with E-state index in [1.54, 1.807) is 0 Å². The summed E-state index contributed by atoms with van der Waals surface area (Å²) in [5.74, 6) is 0. The highest BCUT2D eigenvalue weighted by molar-refractivity contribution is 9.10. The Hall–Kier alpha value is -0.830. The minimum absolute atomic E-state index is 0.329. The average molecular weight is 339 g/mol. The highest BCUT2D eigenvalue weighted by Crippen LogP contribution is 2.24. The quantitative estimate of drug-likeness (QED) is 0.801. The van der Waals surface area contributed by atoms with Crippen molar-refractivity contribution in [3.05, 3.63) is 68.7 Å². The summed E-state index contributed by atoms with van der Waals surface area (Å²) in [6.45, 7) is 5.16. The number of halogens is 2. The van der Waals surface area contributed by atoms with Crippen LogP contribution in [0.25, 0.3) is 0 Å². The summed E-state index contributed by atoms with van der Waals surface area (Å²) >= 11 is 9.44. The number of aryl methyl sites for hydroxylation is 1. The van der Waals surface area contributed by atoms with Crippen molar-refractivity contribution in [3.63, 3.8) is 0 Å². The molecule has 0 aromatic heterocycles. The molecule has 0 unspecified atom stereocenters. The van der Waals surface area contributed by atoms with Gasteiger partial charge in [-0.15, -0.1) is 0 Å². The highest BCUT2D eigenvalue weighted by atomic mass is 79.9. The molecule has 0 aliphatic heterocycles. The van der Waals surface area contributed by atoms with Gasteiger partial charge in [0, 0.05) is 17.1 Å². The first-order valence-electron chi connectivity index (χ1n) is 6.31. The topological polar surface area (TPSA) is 12.0 Å². The molecular weight excluding hydrogens is 322 g/mol. The van der Waals surface area contributed by atoms with Gasteiger partial charge in [0.05, 0.1) is 5.02 Å². The van der Waals surface area contributed by atoms with Crippen LogP contribution in [0.1, 0.15) is 29.7 Å². The van der Waals surface area contributed by atoms with Crippen LogP contribution in [0.2, 0.25) is 5.02 Å².